The van der Waals surface area contributed by atoms with Crippen molar-refractivity contribution in [2.24, 2.45) is 11.3 Å². The second-order valence-corrected chi connectivity index (χ2v) is 6.79. The molecule has 1 aliphatic carbocycles. The number of aliphatic hydroxyl groups excluding tert-OH is 1. The lowest BCUT2D eigenvalue weighted by molar-refractivity contribution is 0.0892. The average Bonchev–Trinajstić information content (AvgIpc) is 2.89. The zero-order valence-corrected chi connectivity index (χ0v) is 12.7. The predicted molar refractivity (Wildman–Crippen MR) is 80.3 cm³/mol. The van der Waals surface area contributed by atoms with Crippen LogP contribution in [0.15, 0.2) is 0 Å². The Labute approximate surface area is 118 Å². The van der Waals surface area contributed by atoms with Gasteiger partial charge in [-0.1, -0.05) is 19.8 Å². The summed E-state index contributed by atoms with van der Waals surface area (Å²) in [5.74, 6) is 0.564. The Bertz CT molecular complexity index is 243. The summed E-state index contributed by atoms with van der Waals surface area (Å²) in [4.78, 5) is 2.66. The fourth-order valence-corrected chi connectivity index (χ4v) is 3.85. The number of nitrogens with zero attached hydrogens (tertiary/aromatic N) is 1. The molecule has 0 amide bonds. The van der Waals surface area contributed by atoms with Crippen molar-refractivity contribution in [3.05, 3.63) is 0 Å². The van der Waals surface area contributed by atoms with Crippen LogP contribution >= 0.6 is 0 Å². The van der Waals surface area contributed by atoms with Crippen LogP contribution in [0.3, 0.4) is 0 Å². The summed E-state index contributed by atoms with van der Waals surface area (Å²) >= 11 is 0. The van der Waals surface area contributed by atoms with Gasteiger partial charge in [-0.05, 0) is 63.1 Å². The number of rotatable bonds is 7. The van der Waals surface area contributed by atoms with Crippen molar-refractivity contribution in [1.82, 2.24) is 10.2 Å². The number of nitrogens with one attached hydrogen (secondary N) is 1. The first-order valence-electron chi connectivity index (χ1n) is 8.32. The maximum absolute atomic E-state index is 9.23. The van der Waals surface area contributed by atoms with E-state index in [0.717, 1.165) is 6.54 Å². The van der Waals surface area contributed by atoms with E-state index in [0.29, 0.717) is 17.9 Å². The van der Waals surface area contributed by atoms with Gasteiger partial charge in [-0.15, -0.1) is 0 Å². The third kappa shape index (κ3) is 4.44. The first kappa shape index (κ1) is 15.3. The quantitative estimate of drug-likeness (QED) is 0.695. The molecular weight excluding hydrogens is 236 g/mol. The summed E-state index contributed by atoms with van der Waals surface area (Å²) in [5, 5.41) is 12.9. The normalized spacial score (nSPS) is 24.9. The summed E-state index contributed by atoms with van der Waals surface area (Å²) in [7, 11) is 0. The average molecular weight is 268 g/mol. The van der Waals surface area contributed by atoms with E-state index in [1.807, 2.05) is 0 Å². The fraction of sp³-hybridized carbons (Fsp3) is 1.00. The van der Waals surface area contributed by atoms with Crippen molar-refractivity contribution in [3.63, 3.8) is 0 Å². The molecule has 112 valence electrons. The number of hydrogen-bond acceptors (Lipinski definition) is 3. The number of hydrogen-bond donors (Lipinski definition) is 2. The molecule has 1 heterocycles. The van der Waals surface area contributed by atoms with Crippen LogP contribution in [0, 0.1) is 11.3 Å². The molecule has 0 bridgehead atoms. The van der Waals surface area contributed by atoms with E-state index < -0.39 is 0 Å². The van der Waals surface area contributed by atoms with E-state index in [1.165, 1.54) is 71.1 Å². The molecule has 3 heteroatoms. The zero-order valence-electron chi connectivity index (χ0n) is 12.7. The molecule has 2 aliphatic rings. The molecule has 19 heavy (non-hydrogen) atoms. The highest BCUT2D eigenvalue weighted by Crippen LogP contribution is 2.39. The van der Waals surface area contributed by atoms with Gasteiger partial charge in [0.05, 0.1) is 0 Å². The molecule has 0 spiro atoms. The lowest BCUT2D eigenvalue weighted by atomic mass is 9.84. The molecule has 0 radical (unpaired) electrons. The van der Waals surface area contributed by atoms with Gasteiger partial charge >= 0.3 is 0 Å². The molecule has 1 saturated heterocycles. The van der Waals surface area contributed by atoms with Crippen molar-refractivity contribution >= 4 is 0 Å². The van der Waals surface area contributed by atoms with Gasteiger partial charge in [-0.25, -0.2) is 0 Å². The van der Waals surface area contributed by atoms with E-state index in [1.54, 1.807) is 0 Å². The summed E-state index contributed by atoms with van der Waals surface area (Å²) in [5.41, 5.74) is 0.543. The molecule has 2 fully saturated rings. The Morgan fingerprint density at radius 3 is 2.47 bits per heavy atom. The summed E-state index contributed by atoms with van der Waals surface area (Å²) in [6.45, 7) is 8.67. The Morgan fingerprint density at radius 2 is 1.89 bits per heavy atom. The van der Waals surface area contributed by atoms with Crippen LogP contribution in [-0.4, -0.2) is 49.3 Å². The number of aliphatic hydroxyl groups is 1. The summed E-state index contributed by atoms with van der Waals surface area (Å²) < 4.78 is 0. The Hall–Kier alpha value is -0.120. The van der Waals surface area contributed by atoms with Gasteiger partial charge in [-0.2, -0.15) is 0 Å². The maximum atomic E-state index is 9.23. The second kappa shape index (κ2) is 7.61. The minimum atomic E-state index is 0.386. The monoisotopic (exact) mass is 268 g/mol. The van der Waals surface area contributed by atoms with E-state index in [-0.39, 0.29) is 0 Å². The lowest BCUT2D eigenvalue weighted by Crippen LogP contribution is -2.45. The molecule has 0 unspecified atom stereocenters. The van der Waals surface area contributed by atoms with Crippen molar-refractivity contribution in [3.8, 4) is 0 Å². The molecule has 0 aromatic rings. The van der Waals surface area contributed by atoms with Gasteiger partial charge in [0.15, 0.2) is 0 Å². The molecule has 1 aliphatic heterocycles. The van der Waals surface area contributed by atoms with Crippen LogP contribution in [-0.2, 0) is 0 Å². The minimum absolute atomic E-state index is 0.386. The van der Waals surface area contributed by atoms with Gasteiger partial charge < -0.3 is 15.3 Å². The van der Waals surface area contributed by atoms with E-state index >= 15 is 0 Å². The van der Waals surface area contributed by atoms with Crippen LogP contribution in [0.2, 0.25) is 0 Å². The summed E-state index contributed by atoms with van der Waals surface area (Å²) in [6.07, 6.45) is 9.26. The van der Waals surface area contributed by atoms with Gasteiger partial charge in [0, 0.05) is 19.7 Å². The van der Waals surface area contributed by atoms with Crippen LogP contribution in [0.1, 0.15) is 51.9 Å². The topological polar surface area (TPSA) is 35.5 Å². The smallest absolute Gasteiger partial charge is 0.0460 e. The third-order valence-corrected chi connectivity index (χ3v) is 5.12. The Morgan fingerprint density at radius 1 is 1.21 bits per heavy atom. The molecule has 3 nitrogen and oxygen atoms in total. The number of likely N-dealkylation sites (tertiary alicyclic amines) is 1. The van der Waals surface area contributed by atoms with E-state index in [4.69, 9.17) is 0 Å². The highest BCUT2D eigenvalue weighted by molar-refractivity contribution is 4.90. The lowest BCUT2D eigenvalue weighted by Gasteiger charge is -2.39. The zero-order chi connectivity index (χ0) is 13.6. The first-order chi connectivity index (χ1) is 9.28. The minimum Gasteiger partial charge on any atom is -0.396 e. The van der Waals surface area contributed by atoms with Gasteiger partial charge in [0.1, 0.15) is 0 Å². The van der Waals surface area contributed by atoms with Crippen molar-refractivity contribution in [2.75, 3.05) is 39.3 Å². The second-order valence-electron chi connectivity index (χ2n) is 6.79. The Balaban J connectivity index is 1.80. The molecule has 2 rings (SSSR count). The molecule has 0 aromatic heterocycles. The van der Waals surface area contributed by atoms with Crippen LogP contribution in [0.4, 0.5) is 0 Å². The van der Waals surface area contributed by atoms with Crippen molar-refractivity contribution in [2.45, 2.75) is 51.9 Å². The van der Waals surface area contributed by atoms with E-state index in [2.05, 4.69) is 17.1 Å². The maximum Gasteiger partial charge on any atom is 0.0460 e. The van der Waals surface area contributed by atoms with Crippen molar-refractivity contribution in [1.29, 1.82) is 0 Å². The van der Waals surface area contributed by atoms with Crippen LogP contribution in [0.5, 0.6) is 0 Å². The van der Waals surface area contributed by atoms with Gasteiger partial charge in [0.2, 0.25) is 0 Å². The van der Waals surface area contributed by atoms with Gasteiger partial charge in [0.25, 0.3) is 0 Å². The highest BCUT2D eigenvalue weighted by atomic mass is 16.3. The first-order valence-corrected chi connectivity index (χ1v) is 8.32. The highest BCUT2D eigenvalue weighted by Gasteiger charge is 2.35. The van der Waals surface area contributed by atoms with Crippen LogP contribution in [0.25, 0.3) is 0 Å². The van der Waals surface area contributed by atoms with Gasteiger partial charge in [-0.3, -0.25) is 0 Å². The van der Waals surface area contributed by atoms with Crippen molar-refractivity contribution < 1.29 is 5.11 Å². The fourth-order valence-electron chi connectivity index (χ4n) is 3.85. The molecule has 0 atom stereocenters. The number of piperidine rings is 1. The standard InChI is InChI=1S/C16H32N2O/c1-2-9-17-13-16(7-3-4-8-16)14-18-10-5-15(12-19)6-11-18/h15,17,19H,2-14H2,1H3. The Kier molecular flexibility index (Phi) is 6.11. The molecule has 0 aromatic carbocycles. The molecule has 2 N–H and O–H groups in total. The van der Waals surface area contributed by atoms with Crippen LogP contribution < -0.4 is 5.32 Å². The third-order valence-electron chi connectivity index (χ3n) is 5.12. The summed E-state index contributed by atoms with van der Waals surface area (Å²) in [6, 6.07) is 0. The molecular formula is C16H32N2O. The van der Waals surface area contributed by atoms with E-state index in [9.17, 15) is 5.11 Å². The SMILES string of the molecule is CCCNCC1(CN2CCC(CO)CC2)CCCC1. The largest absolute Gasteiger partial charge is 0.396 e. The predicted octanol–water partition coefficient (Wildman–Crippen LogP) is 2.25. The molecule has 1 saturated carbocycles.